The van der Waals surface area contributed by atoms with E-state index in [-0.39, 0.29) is 0 Å². The van der Waals surface area contributed by atoms with Gasteiger partial charge in [0.25, 0.3) is 0 Å². The van der Waals surface area contributed by atoms with Crippen LogP contribution in [0.3, 0.4) is 0 Å². The van der Waals surface area contributed by atoms with Crippen molar-refractivity contribution in [1.29, 1.82) is 0 Å². The van der Waals surface area contributed by atoms with Gasteiger partial charge in [0, 0.05) is 11.4 Å². The Morgan fingerprint density at radius 3 is 3.09 bits per heavy atom. The van der Waals surface area contributed by atoms with Crippen molar-refractivity contribution < 1.29 is 9.47 Å². The van der Waals surface area contributed by atoms with Crippen molar-refractivity contribution in [3.05, 3.63) is 40.5 Å². The Kier molecular flexibility index (Phi) is 2.91. The minimum absolute atomic E-state index is 0.305. The number of nitrogens with zero attached hydrogens (tertiary/aromatic N) is 2. The lowest BCUT2D eigenvalue weighted by molar-refractivity contribution is 0.174. The zero-order valence-corrected chi connectivity index (χ0v) is 13.3. The average molecular weight is 325 g/mol. The molecule has 1 aromatic carbocycles. The van der Waals surface area contributed by atoms with Gasteiger partial charge in [0.05, 0.1) is 5.39 Å². The molecule has 2 aromatic heterocycles. The molecule has 0 bridgehead atoms. The van der Waals surface area contributed by atoms with Crippen LogP contribution in [0.15, 0.2) is 24.5 Å². The summed E-state index contributed by atoms with van der Waals surface area (Å²) in [7, 11) is 0. The normalized spacial score (nSPS) is 15.1. The summed E-state index contributed by atoms with van der Waals surface area (Å²) in [5, 5.41) is 4.68. The van der Waals surface area contributed by atoms with E-state index in [1.54, 1.807) is 6.33 Å². The molecule has 3 aromatic rings. The summed E-state index contributed by atoms with van der Waals surface area (Å²) in [4.78, 5) is 11.5. The smallest absolute Gasteiger partial charge is 0.231 e. The van der Waals surface area contributed by atoms with E-state index in [1.807, 2.05) is 23.5 Å². The molecule has 0 spiro atoms. The van der Waals surface area contributed by atoms with Crippen LogP contribution in [-0.2, 0) is 19.4 Å². The molecule has 116 valence electrons. The second kappa shape index (κ2) is 5.09. The molecule has 1 N–H and O–H groups in total. The molecule has 0 fully saturated rings. The first kappa shape index (κ1) is 13.1. The number of fused-ring (bicyclic) bond motifs is 4. The van der Waals surface area contributed by atoms with Crippen LogP contribution in [0.5, 0.6) is 11.5 Å². The zero-order chi connectivity index (χ0) is 15.2. The average Bonchev–Trinajstić information content (AvgIpc) is 3.27. The Bertz CT molecular complexity index is 906. The molecule has 5 rings (SSSR count). The van der Waals surface area contributed by atoms with Gasteiger partial charge < -0.3 is 14.8 Å². The molecule has 6 heteroatoms. The molecule has 3 heterocycles. The largest absolute Gasteiger partial charge is 0.454 e. The SMILES string of the molecule is c1nc(NCc2ccc3c(c2)OCO3)c2c3c(sc2n1)CCC3. The fraction of sp³-hybridized carbons (Fsp3) is 0.294. The number of hydrogen-bond donors (Lipinski definition) is 1. The molecule has 0 saturated heterocycles. The van der Waals surface area contributed by atoms with Gasteiger partial charge in [0.15, 0.2) is 11.5 Å². The first-order valence-corrected chi connectivity index (χ1v) is 8.58. The lowest BCUT2D eigenvalue weighted by atomic mass is 10.1. The first-order chi connectivity index (χ1) is 11.4. The topological polar surface area (TPSA) is 56.3 Å². The van der Waals surface area contributed by atoms with Crippen molar-refractivity contribution in [2.45, 2.75) is 25.8 Å². The van der Waals surface area contributed by atoms with Gasteiger partial charge in [-0.2, -0.15) is 0 Å². The second-order valence-electron chi connectivity index (χ2n) is 5.80. The van der Waals surface area contributed by atoms with E-state index in [1.165, 1.54) is 28.7 Å². The number of anilines is 1. The summed E-state index contributed by atoms with van der Waals surface area (Å²) < 4.78 is 10.8. The summed E-state index contributed by atoms with van der Waals surface area (Å²) >= 11 is 1.81. The maximum atomic E-state index is 5.44. The maximum absolute atomic E-state index is 5.44. The molecule has 2 aliphatic rings. The molecule has 0 amide bonds. The van der Waals surface area contributed by atoms with E-state index < -0.39 is 0 Å². The number of hydrogen-bond acceptors (Lipinski definition) is 6. The summed E-state index contributed by atoms with van der Waals surface area (Å²) in [6, 6.07) is 6.03. The van der Waals surface area contributed by atoms with Crippen LogP contribution in [-0.4, -0.2) is 16.8 Å². The summed E-state index contributed by atoms with van der Waals surface area (Å²) in [5.74, 6) is 2.56. The van der Waals surface area contributed by atoms with E-state index in [9.17, 15) is 0 Å². The predicted molar refractivity (Wildman–Crippen MR) is 89.3 cm³/mol. The van der Waals surface area contributed by atoms with Crippen molar-refractivity contribution in [2.75, 3.05) is 12.1 Å². The fourth-order valence-corrected chi connectivity index (χ4v) is 4.53. The van der Waals surface area contributed by atoms with Crippen LogP contribution in [0, 0.1) is 0 Å². The number of rotatable bonds is 3. The van der Waals surface area contributed by atoms with Crippen molar-refractivity contribution in [2.24, 2.45) is 0 Å². The molecule has 0 atom stereocenters. The molecule has 1 aliphatic carbocycles. The summed E-state index contributed by atoms with van der Waals surface area (Å²) in [5.41, 5.74) is 2.59. The number of aromatic nitrogens is 2. The quantitative estimate of drug-likeness (QED) is 0.798. The Morgan fingerprint density at radius 2 is 2.09 bits per heavy atom. The van der Waals surface area contributed by atoms with Crippen molar-refractivity contribution in [1.82, 2.24) is 9.97 Å². The predicted octanol–water partition coefficient (Wildman–Crippen LogP) is 3.52. The van der Waals surface area contributed by atoms with Crippen LogP contribution in [0.1, 0.15) is 22.4 Å². The zero-order valence-electron chi connectivity index (χ0n) is 12.5. The van der Waals surface area contributed by atoms with Crippen molar-refractivity contribution in [3.8, 4) is 11.5 Å². The molecular formula is C17H15N3O2S. The summed E-state index contributed by atoms with van der Waals surface area (Å²) in [6.07, 6.45) is 5.21. The monoisotopic (exact) mass is 325 g/mol. The van der Waals surface area contributed by atoms with Crippen LogP contribution in [0.4, 0.5) is 5.82 Å². The van der Waals surface area contributed by atoms with E-state index in [0.717, 1.165) is 34.1 Å². The van der Waals surface area contributed by atoms with E-state index in [0.29, 0.717) is 13.3 Å². The van der Waals surface area contributed by atoms with Crippen LogP contribution in [0.2, 0.25) is 0 Å². The van der Waals surface area contributed by atoms with Gasteiger partial charge in [0.2, 0.25) is 6.79 Å². The number of benzene rings is 1. The second-order valence-corrected chi connectivity index (χ2v) is 6.88. The van der Waals surface area contributed by atoms with Crippen LogP contribution >= 0.6 is 11.3 Å². The van der Waals surface area contributed by atoms with Gasteiger partial charge in [-0.15, -0.1) is 11.3 Å². The third-order valence-corrected chi connectivity index (χ3v) is 5.60. The Hall–Kier alpha value is -2.34. The highest BCUT2D eigenvalue weighted by Gasteiger charge is 2.21. The number of aryl methyl sites for hydroxylation is 2. The fourth-order valence-electron chi connectivity index (χ4n) is 3.30. The third-order valence-electron chi connectivity index (χ3n) is 4.40. The number of ether oxygens (including phenoxy) is 2. The lowest BCUT2D eigenvalue weighted by Crippen LogP contribution is -2.02. The highest BCUT2D eigenvalue weighted by Crippen LogP contribution is 2.39. The van der Waals surface area contributed by atoms with Gasteiger partial charge in [-0.3, -0.25) is 0 Å². The van der Waals surface area contributed by atoms with E-state index in [4.69, 9.17) is 9.47 Å². The van der Waals surface area contributed by atoms with Gasteiger partial charge in [-0.1, -0.05) is 6.07 Å². The lowest BCUT2D eigenvalue weighted by Gasteiger charge is -2.08. The molecule has 0 radical (unpaired) electrons. The van der Waals surface area contributed by atoms with Crippen LogP contribution in [0.25, 0.3) is 10.2 Å². The molecule has 5 nitrogen and oxygen atoms in total. The van der Waals surface area contributed by atoms with Gasteiger partial charge in [-0.25, -0.2) is 9.97 Å². The van der Waals surface area contributed by atoms with Gasteiger partial charge in [0.1, 0.15) is 17.0 Å². The molecule has 1 aliphatic heterocycles. The molecular weight excluding hydrogens is 310 g/mol. The Balaban J connectivity index is 1.45. The summed E-state index contributed by atoms with van der Waals surface area (Å²) in [6.45, 7) is 1.01. The van der Waals surface area contributed by atoms with Crippen molar-refractivity contribution >= 4 is 27.4 Å². The molecule has 0 unspecified atom stereocenters. The highest BCUT2D eigenvalue weighted by molar-refractivity contribution is 7.19. The minimum atomic E-state index is 0.305. The van der Waals surface area contributed by atoms with E-state index >= 15 is 0 Å². The Labute approximate surface area is 137 Å². The third kappa shape index (κ3) is 2.13. The van der Waals surface area contributed by atoms with Gasteiger partial charge >= 0.3 is 0 Å². The van der Waals surface area contributed by atoms with Crippen molar-refractivity contribution in [3.63, 3.8) is 0 Å². The van der Waals surface area contributed by atoms with Gasteiger partial charge in [-0.05, 0) is 42.5 Å². The Morgan fingerprint density at radius 1 is 1.13 bits per heavy atom. The minimum Gasteiger partial charge on any atom is -0.454 e. The standard InChI is InChI=1S/C17H15N3O2S/c1-2-11-14(3-1)23-17-15(11)16(19-8-20-17)18-7-10-4-5-12-13(6-10)22-9-21-12/h4-6,8H,1-3,7,9H2,(H,18,19,20). The maximum Gasteiger partial charge on any atom is 0.231 e. The molecule has 23 heavy (non-hydrogen) atoms. The first-order valence-electron chi connectivity index (χ1n) is 7.76. The molecule has 0 saturated carbocycles. The number of thiophene rings is 1. The number of nitrogens with one attached hydrogen (secondary N) is 1. The highest BCUT2D eigenvalue weighted by atomic mass is 32.1. The van der Waals surface area contributed by atoms with E-state index in [2.05, 4.69) is 21.4 Å². The van der Waals surface area contributed by atoms with Crippen LogP contribution < -0.4 is 14.8 Å².